The molecular weight excluding hydrogens is 330 g/mol. The van der Waals surface area contributed by atoms with Gasteiger partial charge in [-0.25, -0.2) is 0 Å². The van der Waals surface area contributed by atoms with Crippen molar-refractivity contribution in [3.8, 4) is 5.75 Å². The third kappa shape index (κ3) is 2.91. The summed E-state index contributed by atoms with van der Waals surface area (Å²) in [6.45, 7) is 0. The molecule has 0 aliphatic heterocycles. The van der Waals surface area contributed by atoms with E-state index in [9.17, 15) is 9.90 Å². The summed E-state index contributed by atoms with van der Waals surface area (Å²) in [5.74, 6) is -0.132. The number of rotatable bonds is 2. The molecule has 3 rings (SSSR count). The van der Waals surface area contributed by atoms with Gasteiger partial charge in [-0.2, -0.15) is 0 Å². The molecule has 0 spiro atoms. The molecule has 0 radical (unpaired) electrons. The lowest BCUT2D eigenvalue weighted by atomic mass is 9.95. The van der Waals surface area contributed by atoms with Crippen molar-refractivity contribution in [2.24, 2.45) is 0 Å². The molecule has 0 unspecified atom stereocenters. The Balaban J connectivity index is 1.92. The Bertz CT molecular complexity index is 678. The van der Waals surface area contributed by atoms with Crippen LogP contribution in [0.3, 0.4) is 0 Å². The zero-order valence-electron chi connectivity index (χ0n) is 11.7. The molecule has 3 nitrogen and oxygen atoms in total. The zero-order chi connectivity index (χ0) is 14.8. The lowest BCUT2D eigenvalue weighted by molar-refractivity contribution is 0.0925. The lowest BCUT2D eigenvalue weighted by Crippen LogP contribution is -2.36. The SMILES string of the molecule is O=C(NC1CCCCC1)c1cc(Br)c2ccccc2c1O. The van der Waals surface area contributed by atoms with Crippen LogP contribution in [-0.2, 0) is 0 Å². The molecule has 2 aromatic rings. The monoisotopic (exact) mass is 347 g/mol. The number of phenols is 1. The van der Waals surface area contributed by atoms with Gasteiger partial charge in [0.2, 0.25) is 0 Å². The van der Waals surface area contributed by atoms with E-state index in [2.05, 4.69) is 21.2 Å². The van der Waals surface area contributed by atoms with Crippen LogP contribution in [0, 0.1) is 0 Å². The van der Waals surface area contributed by atoms with E-state index in [1.54, 1.807) is 6.07 Å². The Labute approximate surface area is 132 Å². The van der Waals surface area contributed by atoms with Crippen molar-refractivity contribution < 1.29 is 9.90 Å². The number of halogens is 1. The van der Waals surface area contributed by atoms with Gasteiger partial charge in [-0.15, -0.1) is 0 Å². The highest BCUT2D eigenvalue weighted by atomic mass is 79.9. The summed E-state index contributed by atoms with van der Waals surface area (Å²) in [6.07, 6.45) is 5.64. The number of carbonyl (C=O) groups is 1. The van der Waals surface area contributed by atoms with Gasteiger partial charge in [-0.1, -0.05) is 59.5 Å². The van der Waals surface area contributed by atoms with Gasteiger partial charge in [0.25, 0.3) is 5.91 Å². The highest BCUT2D eigenvalue weighted by molar-refractivity contribution is 9.10. The van der Waals surface area contributed by atoms with Gasteiger partial charge in [0.05, 0.1) is 5.56 Å². The Kier molecular flexibility index (Phi) is 4.15. The second-order valence-electron chi connectivity index (χ2n) is 5.61. The van der Waals surface area contributed by atoms with Crippen LogP contribution in [0.5, 0.6) is 5.75 Å². The van der Waals surface area contributed by atoms with Gasteiger partial charge in [-0.05, 0) is 24.3 Å². The molecule has 1 amide bonds. The fourth-order valence-electron chi connectivity index (χ4n) is 3.00. The van der Waals surface area contributed by atoms with E-state index in [4.69, 9.17) is 0 Å². The molecule has 1 aliphatic rings. The van der Waals surface area contributed by atoms with Gasteiger partial charge in [0.15, 0.2) is 0 Å². The summed E-state index contributed by atoms with van der Waals surface area (Å²) in [5, 5.41) is 15.0. The summed E-state index contributed by atoms with van der Waals surface area (Å²) < 4.78 is 0.824. The average Bonchev–Trinajstić information content (AvgIpc) is 2.52. The fourth-order valence-corrected chi connectivity index (χ4v) is 3.57. The molecule has 0 bridgehead atoms. The Morgan fingerprint density at radius 1 is 1.14 bits per heavy atom. The largest absolute Gasteiger partial charge is 0.506 e. The maximum Gasteiger partial charge on any atom is 0.255 e. The van der Waals surface area contributed by atoms with E-state index in [1.807, 2.05) is 24.3 Å². The van der Waals surface area contributed by atoms with E-state index in [-0.39, 0.29) is 17.7 Å². The van der Waals surface area contributed by atoms with E-state index < -0.39 is 0 Å². The van der Waals surface area contributed by atoms with E-state index in [0.29, 0.717) is 10.9 Å². The normalized spacial score (nSPS) is 16.0. The third-order valence-corrected chi connectivity index (χ3v) is 4.81. The summed E-state index contributed by atoms with van der Waals surface area (Å²) >= 11 is 3.48. The molecule has 21 heavy (non-hydrogen) atoms. The number of fused-ring (bicyclic) bond motifs is 1. The molecule has 4 heteroatoms. The summed E-state index contributed by atoms with van der Waals surface area (Å²) in [4.78, 5) is 12.4. The van der Waals surface area contributed by atoms with Gasteiger partial charge in [-0.3, -0.25) is 4.79 Å². The van der Waals surface area contributed by atoms with Crippen molar-refractivity contribution in [1.82, 2.24) is 5.32 Å². The number of hydrogen-bond donors (Lipinski definition) is 2. The number of aromatic hydroxyl groups is 1. The minimum atomic E-state index is -0.189. The zero-order valence-corrected chi connectivity index (χ0v) is 13.3. The van der Waals surface area contributed by atoms with E-state index in [1.165, 1.54) is 19.3 Å². The van der Waals surface area contributed by atoms with Crippen molar-refractivity contribution >= 4 is 32.6 Å². The smallest absolute Gasteiger partial charge is 0.255 e. The topological polar surface area (TPSA) is 49.3 Å². The first-order chi connectivity index (χ1) is 10.2. The van der Waals surface area contributed by atoms with Crippen LogP contribution in [0.15, 0.2) is 34.8 Å². The highest BCUT2D eigenvalue weighted by Gasteiger charge is 2.20. The lowest BCUT2D eigenvalue weighted by Gasteiger charge is -2.23. The molecule has 1 fully saturated rings. The van der Waals surface area contributed by atoms with Gasteiger partial charge < -0.3 is 10.4 Å². The second kappa shape index (κ2) is 6.06. The minimum Gasteiger partial charge on any atom is -0.506 e. The summed E-state index contributed by atoms with van der Waals surface area (Å²) in [5.41, 5.74) is 0.339. The number of amides is 1. The van der Waals surface area contributed by atoms with E-state index in [0.717, 1.165) is 22.7 Å². The highest BCUT2D eigenvalue weighted by Crippen LogP contribution is 2.34. The van der Waals surface area contributed by atoms with Crippen LogP contribution in [0.2, 0.25) is 0 Å². The number of phenolic OH excluding ortho intramolecular Hbond substituents is 1. The quantitative estimate of drug-likeness (QED) is 0.847. The predicted octanol–water partition coefficient (Wildman–Crippen LogP) is 4.37. The van der Waals surface area contributed by atoms with Gasteiger partial charge >= 0.3 is 0 Å². The number of nitrogens with one attached hydrogen (secondary N) is 1. The van der Waals surface area contributed by atoms with Crippen molar-refractivity contribution in [1.29, 1.82) is 0 Å². The first-order valence-electron chi connectivity index (χ1n) is 7.38. The molecule has 2 aromatic carbocycles. The maximum absolute atomic E-state index is 12.4. The molecule has 0 aromatic heterocycles. The number of carbonyl (C=O) groups excluding carboxylic acids is 1. The molecular formula is C17H18BrNO2. The average molecular weight is 348 g/mol. The number of hydrogen-bond acceptors (Lipinski definition) is 2. The van der Waals surface area contributed by atoms with Gasteiger partial charge in [0, 0.05) is 15.9 Å². The first kappa shape index (κ1) is 14.4. The fraction of sp³-hybridized carbons (Fsp3) is 0.353. The molecule has 110 valence electrons. The van der Waals surface area contributed by atoms with Crippen molar-refractivity contribution in [3.63, 3.8) is 0 Å². The molecule has 0 heterocycles. The summed E-state index contributed by atoms with van der Waals surface area (Å²) in [7, 11) is 0. The predicted molar refractivity (Wildman–Crippen MR) is 87.7 cm³/mol. The Morgan fingerprint density at radius 3 is 2.52 bits per heavy atom. The third-order valence-electron chi connectivity index (χ3n) is 4.15. The molecule has 1 aliphatic carbocycles. The Morgan fingerprint density at radius 2 is 1.81 bits per heavy atom. The first-order valence-corrected chi connectivity index (χ1v) is 8.17. The summed E-state index contributed by atoms with van der Waals surface area (Å²) in [6, 6.07) is 9.45. The van der Waals surface area contributed by atoms with Crippen LogP contribution in [0.25, 0.3) is 10.8 Å². The van der Waals surface area contributed by atoms with Gasteiger partial charge in [0.1, 0.15) is 5.75 Å². The van der Waals surface area contributed by atoms with Crippen molar-refractivity contribution in [2.45, 2.75) is 38.1 Å². The van der Waals surface area contributed by atoms with Crippen LogP contribution < -0.4 is 5.32 Å². The van der Waals surface area contributed by atoms with Crippen LogP contribution in [0.1, 0.15) is 42.5 Å². The van der Waals surface area contributed by atoms with Crippen molar-refractivity contribution in [3.05, 3.63) is 40.4 Å². The molecule has 0 saturated heterocycles. The standard InChI is InChI=1S/C17H18BrNO2/c18-15-10-14(16(20)13-9-5-4-8-12(13)15)17(21)19-11-6-2-1-3-7-11/h4-5,8-11,20H,1-3,6-7H2,(H,19,21). The van der Waals surface area contributed by atoms with Crippen LogP contribution in [0.4, 0.5) is 0 Å². The second-order valence-corrected chi connectivity index (χ2v) is 6.46. The molecule has 2 N–H and O–H groups in total. The number of benzene rings is 2. The Hall–Kier alpha value is -1.55. The van der Waals surface area contributed by atoms with Crippen LogP contribution >= 0.6 is 15.9 Å². The minimum absolute atomic E-state index is 0.0575. The maximum atomic E-state index is 12.4. The molecule has 1 saturated carbocycles. The van der Waals surface area contributed by atoms with Crippen molar-refractivity contribution in [2.75, 3.05) is 0 Å². The van der Waals surface area contributed by atoms with E-state index >= 15 is 0 Å². The van der Waals surface area contributed by atoms with Crippen LogP contribution in [-0.4, -0.2) is 17.1 Å². The molecule has 0 atom stereocenters.